The van der Waals surface area contributed by atoms with Crippen LogP contribution in [0, 0.1) is 5.92 Å². The predicted molar refractivity (Wildman–Crippen MR) is 72.8 cm³/mol. The Morgan fingerprint density at radius 2 is 2.11 bits per heavy atom. The summed E-state index contributed by atoms with van der Waals surface area (Å²) in [6.45, 7) is 2.29. The second kappa shape index (κ2) is 6.51. The van der Waals surface area contributed by atoms with Crippen molar-refractivity contribution in [3.05, 3.63) is 28.2 Å². The van der Waals surface area contributed by atoms with Gasteiger partial charge in [-0.1, -0.05) is 13.0 Å². The Labute approximate surface area is 114 Å². The van der Waals surface area contributed by atoms with Crippen molar-refractivity contribution in [3.8, 4) is 0 Å². The van der Waals surface area contributed by atoms with Gasteiger partial charge in [0.1, 0.15) is 0 Å². The van der Waals surface area contributed by atoms with E-state index >= 15 is 0 Å². The SMILES string of the molecule is CNCC(C)C(=O)Nc1c(Br)cccc1C(=O)O. The maximum atomic E-state index is 11.9. The van der Waals surface area contributed by atoms with Gasteiger partial charge in [0.15, 0.2) is 0 Å². The largest absolute Gasteiger partial charge is 0.478 e. The first-order valence-electron chi connectivity index (χ1n) is 5.44. The topological polar surface area (TPSA) is 78.4 Å². The molecule has 98 valence electrons. The highest BCUT2D eigenvalue weighted by molar-refractivity contribution is 9.10. The molecule has 0 fully saturated rings. The zero-order chi connectivity index (χ0) is 13.7. The summed E-state index contributed by atoms with van der Waals surface area (Å²) in [5.41, 5.74) is 0.354. The van der Waals surface area contributed by atoms with Crippen LogP contribution in [0.2, 0.25) is 0 Å². The third-order valence-corrected chi connectivity index (χ3v) is 3.11. The highest BCUT2D eigenvalue weighted by Crippen LogP contribution is 2.26. The highest BCUT2D eigenvalue weighted by Gasteiger charge is 2.18. The number of hydrogen-bond donors (Lipinski definition) is 3. The molecule has 1 aromatic rings. The highest BCUT2D eigenvalue weighted by atomic mass is 79.9. The van der Waals surface area contributed by atoms with Gasteiger partial charge in [0.2, 0.25) is 5.91 Å². The van der Waals surface area contributed by atoms with Crippen LogP contribution in [0.3, 0.4) is 0 Å². The predicted octanol–water partition coefficient (Wildman–Crippen LogP) is 1.94. The molecule has 0 radical (unpaired) electrons. The fraction of sp³-hybridized carbons (Fsp3) is 0.333. The Kier molecular flexibility index (Phi) is 5.30. The molecule has 0 aromatic heterocycles. The van der Waals surface area contributed by atoms with Crippen LogP contribution in [0.25, 0.3) is 0 Å². The molecule has 6 heteroatoms. The van der Waals surface area contributed by atoms with E-state index in [9.17, 15) is 9.59 Å². The van der Waals surface area contributed by atoms with Gasteiger partial charge in [-0.25, -0.2) is 4.79 Å². The monoisotopic (exact) mass is 314 g/mol. The summed E-state index contributed by atoms with van der Waals surface area (Å²) in [7, 11) is 1.75. The summed E-state index contributed by atoms with van der Waals surface area (Å²) in [6, 6.07) is 4.75. The van der Waals surface area contributed by atoms with Gasteiger partial charge in [-0.3, -0.25) is 4.79 Å². The molecule has 1 rings (SSSR count). The number of carbonyl (C=O) groups excluding carboxylic acids is 1. The summed E-state index contributed by atoms with van der Waals surface area (Å²) in [5, 5.41) is 14.6. The van der Waals surface area contributed by atoms with E-state index in [1.54, 1.807) is 26.1 Å². The number of carboxylic acid groups (broad SMARTS) is 1. The number of aromatic carboxylic acids is 1. The van der Waals surface area contributed by atoms with Gasteiger partial charge in [-0.2, -0.15) is 0 Å². The van der Waals surface area contributed by atoms with Crippen molar-refractivity contribution in [1.29, 1.82) is 0 Å². The molecule has 0 saturated carbocycles. The quantitative estimate of drug-likeness (QED) is 0.776. The molecule has 0 aliphatic carbocycles. The first kappa shape index (κ1) is 14.7. The normalized spacial score (nSPS) is 11.9. The van der Waals surface area contributed by atoms with Gasteiger partial charge in [-0.05, 0) is 35.1 Å². The van der Waals surface area contributed by atoms with Crippen LogP contribution in [0.1, 0.15) is 17.3 Å². The van der Waals surface area contributed by atoms with Gasteiger partial charge in [0.25, 0.3) is 0 Å². The fourth-order valence-corrected chi connectivity index (χ4v) is 1.94. The van der Waals surface area contributed by atoms with Crippen molar-refractivity contribution in [1.82, 2.24) is 5.32 Å². The molecule has 0 heterocycles. The van der Waals surface area contributed by atoms with Gasteiger partial charge in [0.05, 0.1) is 11.3 Å². The smallest absolute Gasteiger partial charge is 0.337 e. The third-order valence-electron chi connectivity index (χ3n) is 2.45. The number of halogens is 1. The fourth-order valence-electron chi connectivity index (χ4n) is 1.47. The molecule has 0 saturated heterocycles. The van der Waals surface area contributed by atoms with Crippen molar-refractivity contribution in [2.24, 2.45) is 5.92 Å². The molecule has 0 spiro atoms. The van der Waals surface area contributed by atoms with Gasteiger partial charge >= 0.3 is 5.97 Å². The van der Waals surface area contributed by atoms with Crippen molar-refractivity contribution in [2.45, 2.75) is 6.92 Å². The number of rotatable bonds is 5. The van der Waals surface area contributed by atoms with Crippen LogP contribution in [0.15, 0.2) is 22.7 Å². The zero-order valence-corrected chi connectivity index (χ0v) is 11.7. The minimum absolute atomic E-state index is 0.0642. The first-order valence-corrected chi connectivity index (χ1v) is 6.24. The van der Waals surface area contributed by atoms with Gasteiger partial charge in [0, 0.05) is 16.9 Å². The van der Waals surface area contributed by atoms with Crippen LogP contribution < -0.4 is 10.6 Å². The van der Waals surface area contributed by atoms with E-state index in [1.165, 1.54) is 6.07 Å². The summed E-state index contributed by atoms with van der Waals surface area (Å²) >= 11 is 3.24. The number of carbonyl (C=O) groups is 2. The van der Waals surface area contributed by atoms with Crippen molar-refractivity contribution in [2.75, 3.05) is 18.9 Å². The summed E-state index contributed by atoms with van der Waals surface area (Å²) in [5.74, 6) is -1.55. The maximum Gasteiger partial charge on any atom is 0.337 e. The zero-order valence-electron chi connectivity index (χ0n) is 10.2. The molecular weight excluding hydrogens is 300 g/mol. The third kappa shape index (κ3) is 3.54. The Bertz CT molecular complexity index is 463. The van der Waals surface area contributed by atoms with Crippen LogP contribution in [0.5, 0.6) is 0 Å². The van der Waals surface area contributed by atoms with E-state index in [2.05, 4.69) is 26.6 Å². The average molecular weight is 315 g/mol. The Morgan fingerprint density at radius 1 is 1.44 bits per heavy atom. The second-order valence-corrected chi connectivity index (χ2v) is 4.77. The molecular formula is C12H15BrN2O3. The molecule has 5 nitrogen and oxygen atoms in total. The number of anilines is 1. The standard InChI is InChI=1S/C12H15BrN2O3/c1-7(6-14-2)11(16)15-10-8(12(17)18)4-3-5-9(10)13/h3-5,7,14H,6H2,1-2H3,(H,15,16)(H,17,18). The molecule has 18 heavy (non-hydrogen) atoms. The lowest BCUT2D eigenvalue weighted by Gasteiger charge is -2.14. The summed E-state index contributed by atoms with van der Waals surface area (Å²) in [6.07, 6.45) is 0. The molecule has 1 amide bonds. The lowest BCUT2D eigenvalue weighted by molar-refractivity contribution is -0.119. The van der Waals surface area contributed by atoms with Crippen molar-refractivity contribution in [3.63, 3.8) is 0 Å². The molecule has 1 atom stereocenters. The number of carboxylic acids is 1. The van der Waals surface area contributed by atoms with Crippen LogP contribution in [-0.2, 0) is 4.79 Å². The molecule has 0 aliphatic heterocycles. The summed E-state index contributed by atoms with van der Waals surface area (Å²) < 4.78 is 0.549. The minimum Gasteiger partial charge on any atom is -0.478 e. The molecule has 0 bridgehead atoms. The number of benzene rings is 1. The lowest BCUT2D eigenvalue weighted by Crippen LogP contribution is -2.29. The van der Waals surface area contributed by atoms with E-state index in [4.69, 9.17) is 5.11 Å². The second-order valence-electron chi connectivity index (χ2n) is 3.92. The Hall–Kier alpha value is -1.40. The number of amides is 1. The number of para-hydroxylation sites is 1. The van der Waals surface area contributed by atoms with E-state index in [1.807, 2.05) is 0 Å². The van der Waals surface area contributed by atoms with Gasteiger partial charge in [-0.15, -0.1) is 0 Å². The number of nitrogens with one attached hydrogen (secondary N) is 2. The average Bonchev–Trinajstić information content (AvgIpc) is 2.31. The van der Waals surface area contributed by atoms with Gasteiger partial charge < -0.3 is 15.7 Å². The van der Waals surface area contributed by atoms with E-state index < -0.39 is 5.97 Å². The summed E-state index contributed by atoms with van der Waals surface area (Å²) in [4.78, 5) is 22.9. The van der Waals surface area contributed by atoms with Crippen molar-refractivity contribution >= 4 is 33.5 Å². The van der Waals surface area contributed by atoms with Crippen molar-refractivity contribution < 1.29 is 14.7 Å². The maximum absolute atomic E-state index is 11.9. The molecule has 1 unspecified atom stereocenters. The van der Waals surface area contributed by atoms with E-state index in [-0.39, 0.29) is 23.1 Å². The van der Waals surface area contributed by atoms with E-state index in [0.29, 0.717) is 11.0 Å². The molecule has 0 aliphatic rings. The van der Waals surface area contributed by atoms with Crippen LogP contribution in [-0.4, -0.2) is 30.6 Å². The first-order chi connectivity index (χ1) is 8.47. The molecule has 1 aromatic carbocycles. The Balaban J connectivity index is 2.96. The van der Waals surface area contributed by atoms with E-state index in [0.717, 1.165) is 0 Å². The molecule has 3 N–H and O–H groups in total. The van der Waals surface area contributed by atoms with Crippen LogP contribution in [0.4, 0.5) is 5.69 Å². The van der Waals surface area contributed by atoms with Crippen LogP contribution >= 0.6 is 15.9 Å². The number of hydrogen-bond acceptors (Lipinski definition) is 3. The lowest BCUT2D eigenvalue weighted by atomic mass is 10.1. The Morgan fingerprint density at radius 3 is 2.67 bits per heavy atom. The minimum atomic E-state index is -1.08.